The van der Waals surface area contributed by atoms with Crippen LogP contribution in [-0.2, 0) is 0 Å². The molecule has 0 spiro atoms. The molecule has 0 saturated heterocycles. The van der Waals surface area contributed by atoms with Crippen molar-refractivity contribution in [1.82, 2.24) is 0 Å². The summed E-state index contributed by atoms with van der Waals surface area (Å²) in [7, 11) is 1.98. The minimum atomic E-state index is -0.330. The molecule has 4 heteroatoms. The minimum Gasteiger partial charge on any atom is -0.397 e. The van der Waals surface area contributed by atoms with E-state index >= 15 is 0 Å². The van der Waals surface area contributed by atoms with Crippen molar-refractivity contribution >= 4 is 27.3 Å². The number of nitrogens with zero attached hydrogens (tertiary/aromatic N) is 1. The van der Waals surface area contributed by atoms with Crippen molar-refractivity contribution in [2.75, 3.05) is 17.7 Å². The Kier molecular flexibility index (Phi) is 4.07. The number of anilines is 2. The van der Waals surface area contributed by atoms with E-state index in [2.05, 4.69) is 48.5 Å². The minimum absolute atomic E-state index is 0.127. The van der Waals surface area contributed by atoms with Gasteiger partial charge >= 0.3 is 0 Å². The first-order chi connectivity index (χ1) is 7.64. The molecule has 0 amide bonds. The monoisotopic (exact) mass is 302 g/mol. The molecule has 1 rings (SSSR count). The number of benzene rings is 1. The predicted molar refractivity (Wildman–Crippen MR) is 75.8 cm³/mol. The standard InChI is InChI=1S/C13H20BrFN2/c1-8(13(2,3)4)17(5)12-6-9(14)10(15)7-11(12)16/h6-8H,16H2,1-5H3. The molecule has 1 aromatic rings. The topological polar surface area (TPSA) is 29.3 Å². The normalized spacial score (nSPS) is 13.6. The molecular weight excluding hydrogens is 283 g/mol. The molecule has 1 atom stereocenters. The van der Waals surface area contributed by atoms with Crippen LogP contribution in [0.5, 0.6) is 0 Å². The molecule has 2 nitrogen and oxygen atoms in total. The number of nitrogens with two attached hydrogens (primary N) is 1. The highest BCUT2D eigenvalue weighted by Gasteiger charge is 2.25. The van der Waals surface area contributed by atoms with E-state index in [1.54, 1.807) is 6.07 Å². The van der Waals surface area contributed by atoms with E-state index in [4.69, 9.17) is 5.73 Å². The second-order valence-electron chi connectivity index (χ2n) is 5.48. The van der Waals surface area contributed by atoms with Crippen LogP contribution in [0.15, 0.2) is 16.6 Å². The predicted octanol–water partition coefficient (Wildman–Crippen LogP) is 4.04. The lowest BCUT2D eigenvalue weighted by atomic mass is 9.87. The molecular formula is C13H20BrFN2. The lowest BCUT2D eigenvalue weighted by Gasteiger charge is -2.37. The zero-order valence-electron chi connectivity index (χ0n) is 11.0. The summed E-state index contributed by atoms with van der Waals surface area (Å²) in [5, 5.41) is 0. The molecule has 0 aliphatic rings. The molecule has 1 unspecified atom stereocenters. The maximum Gasteiger partial charge on any atom is 0.139 e. The van der Waals surface area contributed by atoms with Gasteiger partial charge in [-0.05, 0) is 34.3 Å². The van der Waals surface area contributed by atoms with Crippen LogP contribution in [-0.4, -0.2) is 13.1 Å². The van der Waals surface area contributed by atoms with Crippen LogP contribution in [0.2, 0.25) is 0 Å². The van der Waals surface area contributed by atoms with Crippen molar-refractivity contribution in [3.8, 4) is 0 Å². The van der Waals surface area contributed by atoms with Gasteiger partial charge in [0.05, 0.1) is 15.8 Å². The summed E-state index contributed by atoms with van der Waals surface area (Å²) in [4.78, 5) is 2.08. The Morgan fingerprint density at radius 1 is 1.35 bits per heavy atom. The van der Waals surface area contributed by atoms with Crippen LogP contribution in [0, 0.1) is 11.2 Å². The highest BCUT2D eigenvalue weighted by Crippen LogP contribution is 2.33. The average molecular weight is 303 g/mol. The second kappa shape index (κ2) is 4.84. The third-order valence-corrected chi connectivity index (χ3v) is 3.89. The third kappa shape index (κ3) is 3.12. The summed E-state index contributed by atoms with van der Waals surface area (Å²) >= 11 is 3.19. The van der Waals surface area contributed by atoms with Crippen LogP contribution >= 0.6 is 15.9 Å². The van der Waals surface area contributed by atoms with Crippen molar-refractivity contribution in [1.29, 1.82) is 0 Å². The largest absolute Gasteiger partial charge is 0.397 e. The first kappa shape index (κ1) is 14.3. The Labute approximate surface area is 111 Å². The van der Waals surface area contributed by atoms with Gasteiger partial charge < -0.3 is 10.6 Å². The molecule has 0 radical (unpaired) electrons. The summed E-state index contributed by atoms with van der Waals surface area (Å²) in [6.45, 7) is 8.64. The zero-order chi connectivity index (χ0) is 13.4. The van der Waals surface area contributed by atoms with Gasteiger partial charge in [-0.15, -0.1) is 0 Å². The Morgan fingerprint density at radius 2 is 1.88 bits per heavy atom. The van der Waals surface area contributed by atoms with Gasteiger partial charge in [0.2, 0.25) is 0 Å². The zero-order valence-corrected chi connectivity index (χ0v) is 12.6. The van der Waals surface area contributed by atoms with Gasteiger partial charge in [-0.2, -0.15) is 0 Å². The first-order valence-electron chi connectivity index (χ1n) is 5.62. The van der Waals surface area contributed by atoms with Crippen molar-refractivity contribution in [2.45, 2.75) is 33.7 Å². The molecule has 0 aliphatic heterocycles. The molecule has 2 N–H and O–H groups in total. The maximum absolute atomic E-state index is 13.3. The molecule has 1 aromatic carbocycles. The van der Waals surface area contributed by atoms with Crippen LogP contribution in [0.1, 0.15) is 27.7 Å². The van der Waals surface area contributed by atoms with Crippen LogP contribution < -0.4 is 10.6 Å². The molecule has 0 bridgehead atoms. The number of hydrogen-bond acceptors (Lipinski definition) is 2. The SMILES string of the molecule is CC(N(C)c1cc(Br)c(F)cc1N)C(C)(C)C. The quantitative estimate of drug-likeness (QED) is 0.835. The Balaban J connectivity index is 3.13. The maximum atomic E-state index is 13.3. The van der Waals surface area contributed by atoms with Crippen LogP contribution in [0.3, 0.4) is 0 Å². The van der Waals surface area contributed by atoms with Crippen molar-refractivity contribution in [3.63, 3.8) is 0 Å². The molecule has 0 fully saturated rings. The highest BCUT2D eigenvalue weighted by molar-refractivity contribution is 9.10. The smallest absolute Gasteiger partial charge is 0.139 e. The van der Waals surface area contributed by atoms with E-state index in [0.717, 1.165) is 5.69 Å². The molecule has 17 heavy (non-hydrogen) atoms. The fraction of sp³-hybridized carbons (Fsp3) is 0.538. The van der Waals surface area contributed by atoms with Crippen molar-refractivity contribution in [3.05, 3.63) is 22.4 Å². The Morgan fingerprint density at radius 3 is 2.35 bits per heavy atom. The fourth-order valence-electron chi connectivity index (χ4n) is 1.65. The second-order valence-corrected chi connectivity index (χ2v) is 6.33. The van der Waals surface area contributed by atoms with Gasteiger partial charge in [-0.25, -0.2) is 4.39 Å². The summed E-state index contributed by atoms with van der Waals surface area (Å²) in [5.74, 6) is -0.330. The third-order valence-electron chi connectivity index (χ3n) is 3.28. The van der Waals surface area contributed by atoms with Gasteiger partial charge in [0.1, 0.15) is 5.82 Å². The average Bonchev–Trinajstić information content (AvgIpc) is 2.20. The summed E-state index contributed by atoms with van der Waals surface area (Å²) in [6, 6.07) is 3.38. The summed E-state index contributed by atoms with van der Waals surface area (Å²) in [5.41, 5.74) is 7.31. The van der Waals surface area contributed by atoms with Gasteiger partial charge in [-0.1, -0.05) is 20.8 Å². The Bertz CT molecular complexity index is 413. The number of hydrogen-bond donors (Lipinski definition) is 1. The fourth-order valence-corrected chi connectivity index (χ4v) is 1.98. The van der Waals surface area contributed by atoms with Gasteiger partial charge in [0.15, 0.2) is 0 Å². The molecule has 0 saturated carbocycles. The van der Waals surface area contributed by atoms with E-state index in [1.807, 2.05) is 7.05 Å². The van der Waals surface area contributed by atoms with E-state index in [9.17, 15) is 4.39 Å². The van der Waals surface area contributed by atoms with E-state index in [-0.39, 0.29) is 11.2 Å². The highest BCUT2D eigenvalue weighted by atomic mass is 79.9. The van der Waals surface area contributed by atoms with E-state index in [0.29, 0.717) is 16.2 Å². The number of rotatable bonds is 2. The van der Waals surface area contributed by atoms with Crippen molar-refractivity contribution < 1.29 is 4.39 Å². The van der Waals surface area contributed by atoms with Crippen LogP contribution in [0.4, 0.5) is 15.8 Å². The number of nitrogen functional groups attached to an aromatic ring is 1. The van der Waals surface area contributed by atoms with E-state index < -0.39 is 0 Å². The van der Waals surface area contributed by atoms with Gasteiger partial charge in [0.25, 0.3) is 0 Å². The first-order valence-corrected chi connectivity index (χ1v) is 6.41. The molecule has 0 aromatic heterocycles. The van der Waals surface area contributed by atoms with Crippen molar-refractivity contribution in [2.24, 2.45) is 5.41 Å². The van der Waals surface area contributed by atoms with Gasteiger partial charge in [-0.3, -0.25) is 0 Å². The lowest BCUT2D eigenvalue weighted by Crippen LogP contribution is -2.39. The summed E-state index contributed by atoms with van der Waals surface area (Å²) in [6.07, 6.45) is 0. The molecule has 0 heterocycles. The lowest BCUT2D eigenvalue weighted by molar-refractivity contribution is 0.330. The molecule has 0 aliphatic carbocycles. The van der Waals surface area contributed by atoms with E-state index in [1.165, 1.54) is 6.07 Å². The Hall–Kier alpha value is -0.770. The summed E-state index contributed by atoms with van der Waals surface area (Å²) < 4.78 is 13.8. The van der Waals surface area contributed by atoms with Crippen LogP contribution in [0.25, 0.3) is 0 Å². The number of halogens is 2. The molecule has 96 valence electrons. The van der Waals surface area contributed by atoms with Gasteiger partial charge in [0, 0.05) is 19.2 Å².